The first-order valence-corrected chi connectivity index (χ1v) is 11.3. The molecule has 3 atom stereocenters. The number of piperidine rings is 1. The van der Waals surface area contributed by atoms with E-state index < -0.39 is 0 Å². The molecule has 0 bridgehead atoms. The molecule has 3 fully saturated rings. The molecule has 0 N–H and O–H groups in total. The highest BCUT2D eigenvalue weighted by atomic mass is 16.5. The highest BCUT2D eigenvalue weighted by Gasteiger charge is 2.53. The number of aromatic nitrogens is 1. The summed E-state index contributed by atoms with van der Waals surface area (Å²) in [6.07, 6.45) is 5.99. The van der Waals surface area contributed by atoms with Crippen LogP contribution >= 0.6 is 0 Å². The summed E-state index contributed by atoms with van der Waals surface area (Å²) >= 11 is 0. The Morgan fingerprint density at radius 1 is 1.27 bits per heavy atom. The number of esters is 1. The molecule has 166 valence electrons. The van der Waals surface area contributed by atoms with Crippen LogP contribution in [0.1, 0.15) is 38.2 Å². The summed E-state index contributed by atoms with van der Waals surface area (Å²) in [4.78, 5) is 22.5. The number of carbonyl (C=O) groups excluding carboxylic acids is 1. The van der Waals surface area contributed by atoms with Crippen LogP contribution in [0.15, 0.2) is 18.3 Å². The minimum absolute atomic E-state index is 0.00739. The van der Waals surface area contributed by atoms with Gasteiger partial charge in [-0.15, -0.1) is 0 Å². The Kier molecular flexibility index (Phi) is 6.91. The molecular weight excluding hydrogens is 382 g/mol. The van der Waals surface area contributed by atoms with E-state index in [1.165, 1.54) is 0 Å². The first-order chi connectivity index (χ1) is 14.6. The van der Waals surface area contributed by atoms with Gasteiger partial charge >= 0.3 is 5.97 Å². The van der Waals surface area contributed by atoms with Crippen LogP contribution in [-0.2, 0) is 20.8 Å². The quantitative estimate of drug-likeness (QED) is 0.659. The molecule has 0 radical (unpaired) electrons. The van der Waals surface area contributed by atoms with Crippen LogP contribution in [-0.4, -0.2) is 79.9 Å². The first kappa shape index (κ1) is 21.5. The van der Waals surface area contributed by atoms with Crippen LogP contribution < -0.4 is 4.74 Å². The third-order valence-electron chi connectivity index (χ3n) is 7.22. The molecule has 0 aromatic carbocycles. The lowest BCUT2D eigenvalue weighted by atomic mass is 9.61. The lowest BCUT2D eigenvalue weighted by Gasteiger charge is -2.52. The van der Waals surface area contributed by atoms with Gasteiger partial charge in [0.1, 0.15) is 0 Å². The van der Waals surface area contributed by atoms with Crippen molar-refractivity contribution in [2.45, 2.75) is 45.2 Å². The molecule has 0 unspecified atom stereocenters. The fourth-order valence-corrected chi connectivity index (χ4v) is 5.62. The number of ether oxygens (including phenoxy) is 3. The first-order valence-electron chi connectivity index (χ1n) is 11.3. The lowest BCUT2D eigenvalue weighted by molar-refractivity contribution is -0.170. The fourth-order valence-electron chi connectivity index (χ4n) is 5.62. The average Bonchev–Trinajstić information content (AvgIpc) is 2.80. The van der Waals surface area contributed by atoms with E-state index in [9.17, 15) is 4.79 Å². The second-order valence-corrected chi connectivity index (χ2v) is 8.86. The summed E-state index contributed by atoms with van der Waals surface area (Å²) in [6, 6.07) is 4.53. The Morgan fingerprint density at radius 2 is 2.10 bits per heavy atom. The second kappa shape index (κ2) is 9.62. The standard InChI is InChI=1S/C23H35N3O4/c1-3-30-22(27)23-8-6-20(26-10-12-29-13-11-26)14-19(23)7-9-25(17-23)16-18-4-5-21(28-2)24-15-18/h4-5,15,19-20H,3,6-14,16-17H2,1-2H3/t19-,20+,23-/m1/s1. The Bertz CT molecular complexity index is 707. The Hall–Kier alpha value is -1.70. The minimum Gasteiger partial charge on any atom is -0.481 e. The van der Waals surface area contributed by atoms with Gasteiger partial charge in [-0.05, 0) is 50.6 Å². The van der Waals surface area contributed by atoms with Gasteiger partial charge in [-0.25, -0.2) is 4.98 Å². The zero-order chi connectivity index (χ0) is 21.0. The number of rotatable bonds is 6. The monoisotopic (exact) mass is 417 g/mol. The fraction of sp³-hybridized carbons (Fsp3) is 0.739. The van der Waals surface area contributed by atoms with Crippen LogP contribution in [0.2, 0.25) is 0 Å². The summed E-state index contributed by atoms with van der Waals surface area (Å²) in [5.74, 6) is 1.03. The normalized spacial score (nSPS) is 30.5. The predicted octanol–water partition coefficient (Wildman–Crippen LogP) is 2.35. The van der Waals surface area contributed by atoms with Crippen molar-refractivity contribution < 1.29 is 19.0 Å². The maximum absolute atomic E-state index is 13.2. The predicted molar refractivity (Wildman–Crippen MR) is 113 cm³/mol. The molecule has 1 aromatic heterocycles. The molecule has 7 nitrogen and oxygen atoms in total. The maximum Gasteiger partial charge on any atom is 0.313 e. The van der Waals surface area contributed by atoms with Crippen molar-refractivity contribution >= 4 is 5.97 Å². The van der Waals surface area contributed by atoms with Gasteiger partial charge in [0.15, 0.2) is 0 Å². The molecule has 2 saturated heterocycles. The number of pyridine rings is 1. The van der Waals surface area contributed by atoms with Crippen molar-refractivity contribution in [3.63, 3.8) is 0 Å². The van der Waals surface area contributed by atoms with Crippen molar-refractivity contribution in [3.05, 3.63) is 23.9 Å². The van der Waals surface area contributed by atoms with Gasteiger partial charge < -0.3 is 14.2 Å². The molecule has 3 heterocycles. The number of fused-ring (bicyclic) bond motifs is 1. The smallest absolute Gasteiger partial charge is 0.313 e. The number of nitrogens with zero attached hydrogens (tertiary/aromatic N) is 3. The van der Waals surface area contributed by atoms with E-state index in [4.69, 9.17) is 14.2 Å². The third-order valence-corrected chi connectivity index (χ3v) is 7.22. The van der Waals surface area contributed by atoms with Crippen LogP contribution in [0.5, 0.6) is 5.88 Å². The highest BCUT2D eigenvalue weighted by molar-refractivity contribution is 5.78. The minimum atomic E-state index is -0.378. The number of carbonyl (C=O) groups is 1. The van der Waals surface area contributed by atoms with E-state index in [2.05, 4.69) is 20.9 Å². The van der Waals surface area contributed by atoms with Gasteiger partial charge in [-0.1, -0.05) is 6.07 Å². The highest BCUT2D eigenvalue weighted by Crippen LogP contribution is 2.48. The maximum atomic E-state index is 13.2. The van der Waals surface area contributed by atoms with Crippen molar-refractivity contribution in [1.29, 1.82) is 0 Å². The molecule has 7 heteroatoms. The van der Waals surface area contributed by atoms with Gasteiger partial charge in [0, 0.05) is 44.5 Å². The summed E-state index contributed by atoms with van der Waals surface area (Å²) in [5, 5.41) is 0. The van der Waals surface area contributed by atoms with Gasteiger partial charge in [-0.3, -0.25) is 14.6 Å². The summed E-state index contributed by atoms with van der Waals surface area (Å²) in [5.41, 5.74) is 0.770. The van der Waals surface area contributed by atoms with E-state index in [1.807, 2.05) is 19.2 Å². The van der Waals surface area contributed by atoms with Gasteiger partial charge in [0.05, 0.1) is 32.3 Å². The van der Waals surface area contributed by atoms with Crippen molar-refractivity contribution in [2.75, 3.05) is 53.1 Å². The van der Waals surface area contributed by atoms with E-state index in [-0.39, 0.29) is 11.4 Å². The largest absolute Gasteiger partial charge is 0.481 e. The third kappa shape index (κ3) is 4.48. The number of hydrogen-bond acceptors (Lipinski definition) is 7. The number of morpholine rings is 1. The summed E-state index contributed by atoms with van der Waals surface area (Å²) < 4.78 is 16.3. The van der Waals surface area contributed by atoms with Crippen molar-refractivity contribution in [3.8, 4) is 5.88 Å². The topological polar surface area (TPSA) is 64.1 Å². The molecule has 0 spiro atoms. The van der Waals surface area contributed by atoms with Gasteiger partial charge in [0.2, 0.25) is 5.88 Å². The van der Waals surface area contributed by atoms with Crippen molar-refractivity contribution in [1.82, 2.24) is 14.8 Å². The summed E-state index contributed by atoms with van der Waals surface area (Å²) in [7, 11) is 1.63. The molecule has 1 aliphatic carbocycles. The van der Waals surface area contributed by atoms with Crippen molar-refractivity contribution in [2.24, 2.45) is 11.3 Å². The molecule has 4 rings (SSSR count). The second-order valence-electron chi connectivity index (χ2n) is 8.86. The van der Waals surface area contributed by atoms with Crippen LogP contribution in [0.25, 0.3) is 0 Å². The van der Waals surface area contributed by atoms with Crippen LogP contribution in [0.3, 0.4) is 0 Å². The molecule has 0 amide bonds. The van der Waals surface area contributed by atoms with E-state index >= 15 is 0 Å². The van der Waals surface area contributed by atoms with Gasteiger partial charge in [-0.2, -0.15) is 0 Å². The van der Waals surface area contributed by atoms with Crippen LogP contribution in [0.4, 0.5) is 0 Å². The van der Waals surface area contributed by atoms with E-state index in [0.717, 1.165) is 77.2 Å². The molecule has 1 aromatic rings. The number of likely N-dealkylation sites (tertiary alicyclic amines) is 1. The Balaban J connectivity index is 1.46. The molecule has 1 saturated carbocycles. The summed E-state index contributed by atoms with van der Waals surface area (Å²) in [6.45, 7) is 8.63. The zero-order valence-corrected chi connectivity index (χ0v) is 18.3. The zero-order valence-electron chi connectivity index (χ0n) is 18.3. The number of methoxy groups -OCH3 is 1. The SMILES string of the molecule is CCOC(=O)[C@@]12CC[C@H](N3CCOCC3)C[C@H]1CCN(Cc1ccc(OC)nc1)C2. The average molecular weight is 418 g/mol. The number of hydrogen-bond donors (Lipinski definition) is 0. The molecule has 30 heavy (non-hydrogen) atoms. The van der Waals surface area contributed by atoms with Gasteiger partial charge in [0.25, 0.3) is 0 Å². The Labute approximate surface area is 179 Å². The molecular formula is C23H35N3O4. The Morgan fingerprint density at radius 3 is 2.80 bits per heavy atom. The van der Waals surface area contributed by atoms with E-state index in [1.54, 1.807) is 7.11 Å². The van der Waals surface area contributed by atoms with Crippen LogP contribution in [0, 0.1) is 11.3 Å². The lowest BCUT2D eigenvalue weighted by Crippen LogP contribution is -2.58. The molecule has 3 aliphatic rings. The van der Waals surface area contributed by atoms with E-state index in [0.29, 0.717) is 24.4 Å². The molecule has 2 aliphatic heterocycles.